The molecule has 2 aromatic carbocycles. The average Bonchev–Trinajstić information content (AvgIpc) is 3.27. The molecule has 3 amide bonds. The van der Waals surface area contributed by atoms with Crippen molar-refractivity contribution in [3.8, 4) is 0 Å². The number of hydrogen-bond acceptors (Lipinski definition) is 3. The summed E-state index contributed by atoms with van der Waals surface area (Å²) in [5.41, 5.74) is 4.32. The summed E-state index contributed by atoms with van der Waals surface area (Å²) < 4.78 is 0. The van der Waals surface area contributed by atoms with Crippen LogP contribution in [0.2, 0.25) is 0 Å². The number of rotatable bonds is 4. The van der Waals surface area contributed by atoms with Crippen LogP contribution in [0.5, 0.6) is 0 Å². The van der Waals surface area contributed by atoms with Crippen LogP contribution in [-0.4, -0.2) is 70.1 Å². The zero-order valence-corrected chi connectivity index (χ0v) is 19.5. The molecule has 2 aliphatic heterocycles. The summed E-state index contributed by atoms with van der Waals surface area (Å²) in [5, 5.41) is 1.08. The van der Waals surface area contributed by atoms with Crippen LogP contribution in [0.3, 0.4) is 0 Å². The molecule has 1 fully saturated rings. The van der Waals surface area contributed by atoms with E-state index >= 15 is 0 Å². The normalized spacial score (nSPS) is 18.1. The first-order valence-corrected chi connectivity index (χ1v) is 12.0. The van der Waals surface area contributed by atoms with Crippen molar-refractivity contribution in [2.45, 2.75) is 32.2 Å². The lowest BCUT2D eigenvalue weighted by molar-refractivity contribution is -0.141. The van der Waals surface area contributed by atoms with Crippen molar-refractivity contribution in [2.75, 3.05) is 32.7 Å². The number of nitrogens with zero attached hydrogens (tertiary/aromatic N) is 3. The van der Waals surface area contributed by atoms with E-state index in [0.717, 1.165) is 28.5 Å². The van der Waals surface area contributed by atoms with E-state index in [2.05, 4.69) is 11.1 Å². The van der Waals surface area contributed by atoms with Gasteiger partial charge in [-0.1, -0.05) is 42.5 Å². The number of hydrogen-bond donors (Lipinski definition) is 1. The van der Waals surface area contributed by atoms with Gasteiger partial charge in [-0.05, 0) is 29.2 Å². The van der Waals surface area contributed by atoms with Gasteiger partial charge in [0.2, 0.25) is 17.7 Å². The highest BCUT2D eigenvalue weighted by molar-refractivity contribution is 5.89. The molecule has 0 aliphatic carbocycles. The number of fused-ring (bicyclic) bond motifs is 2. The van der Waals surface area contributed by atoms with Gasteiger partial charge in [-0.2, -0.15) is 0 Å². The Morgan fingerprint density at radius 1 is 0.882 bits per heavy atom. The zero-order valence-electron chi connectivity index (χ0n) is 19.5. The monoisotopic (exact) mass is 458 g/mol. The van der Waals surface area contributed by atoms with E-state index in [-0.39, 0.29) is 30.2 Å². The first-order chi connectivity index (χ1) is 16.5. The minimum Gasteiger partial charge on any atom is -0.361 e. The second kappa shape index (κ2) is 9.33. The molecule has 34 heavy (non-hydrogen) atoms. The van der Waals surface area contributed by atoms with Gasteiger partial charge < -0.3 is 19.7 Å². The van der Waals surface area contributed by atoms with Gasteiger partial charge in [-0.15, -0.1) is 0 Å². The van der Waals surface area contributed by atoms with E-state index in [1.54, 1.807) is 6.92 Å². The third-order valence-electron chi connectivity index (χ3n) is 7.19. The maximum atomic E-state index is 13.2. The minimum absolute atomic E-state index is 0.000000135. The zero-order chi connectivity index (χ0) is 23.7. The van der Waals surface area contributed by atoms with Crippen LogP contribution < -0.4 is 0 Å². The van der Waals surface area contributed by atoms with Crippen molar-refractivity contribution in [1.82, 2.24) is 19.7 Å². The Bertz CT molecular complexity index is 1230. The van der Waals surface area contributed by atoms with Crippen LogP contribution in [0.1, 0.15) is 36.1 Å². The van der Waals surface area contributed by atoms with Gasteiger partial charge in [0.15, 0.2) is 0 Å². The molecule has 2 aliphatic rings. The fraction of sp³-hybridized carbons (Fsp3) is 0.370. The number of benzene rings is 2. The molecule has 0 spiro atoms. The number of aromatic amines is 1. The van der Waals surface area contributed by atoms with Gasteiger partial charge in [0, 0.05) is 56.7 Å². The van der Waals surface area contributed by atoms with Gasteiger partial charge in [0.1, 0.15) is 0 Å². The molecule has 5 rings (SSSR count). The summed E-state index contributed by atoms with van der Waals surface area (Å²) in [5.74, 6) is 0.123. The van der Waals surface area contributed by atoms with Crippen LogP contribution >= 0.6 is 0 Å². The number of H-pyrrole nitrogens is 1. The lowest BCUT2D eigenvalue weighted by Crippen LogP contribution is -2.51. The average molecular weight is 459 g/mol. The Kier molecular flexibility index (Phi) is 6.09. The number of aromatic nitrogens is 1. The molecular formula is C27H30N4O3. The van der Waals surface area contributed by atoms with Crippen LogP contribution in [0.25, 0.3) is 10.9 Å². The molecular weight excluding hydrogens is 428 g/mol. The smallest absolute Gasteiger partial charge is 0.227 e. The first kappa shape index (κ1) is 22.2. The molecule has 1 saturated heterocycles. The fourth-order valence-corrected chi connectivity index (χ4v) is 5.30. The number of piperazine rings is 1. The Balaban J connectivity index is 1.20. The molecule has 1 aromatic heterocycles. The van der Waals surface area contributed by atoms with Gasteiger partial charge in [0.05, 0.1) is 18.9 Å². The maximum absolute atomic E-state index is 13.2. The molecule has 1 N–H and O–H groups in total. The molecule has 0 radical (unpaired) electrons. The Morgan fingerprint density at radius 2 is 1.56 bits per heavy atom. The van der Waals surface area contributed by atoms with Gasteiger partial charge in [0.25, 0.3) is 0 Å². The molecule has 176 valence electrons. The maximum Gasteiger partial charge on any atom is 0.227 e. The summed E-state index contributed by atoms with van der Waals surface area (Å²) in [7, 11) is 0. The second-order valence-electron chi connectivity index (χ2n) is 9.18. The number of carbonyl (C=O) groups excluding carboxylic acids is 3. The molecule has 7 nitrogen and oxygen atoms in total. The lowest BCUT2D eigenvalue weighted by Gasteiger charge is -2.39. The standard InChI is InChI=1S/C27H30N4O3/c1-19(32)31-11-10-20-6-2-3-8-23(20)25(31)17-27(34)30-14-12-29(13-15-30)26(33)16-21-18-28-24-9-5-4-7-22(21)24/h2-9,18,25,28H,10-17H2,1H3/t25-/m1/s1. The first-order valence-electron chi connectivity index (χ1n) is 12.0. The third kappa shape index (κ3) is 4.30. The number of para-hydroxylation sites is 1. The summed E-state index contributed by atoms with van der Waals surface area (Å²) in [6, 6.07) is 15.9. The van der Waals surface area contributed by atoms with Crippen molar-refractivity contribution < 1.29 is 14.4 Å². The molecule has 1 atom stereocenters. The summed E-state index contributed by atoms with van der Waals surface area (Å²) in [6.45, 7) is 4.32. The van der Waals surface area contributed by atoms with Gasteiger partial charge in [-0.3, -0.25) is 14.4 Å². The highest BCUT2D eigenvalue weighted by atomic mass is 16.2. The van der Waals surface area contributed by atoms with Crippen LogP contribution in [-0.2, 0) is 27.2 Å². The number of amides is 3. The highest BCUT2D eigenvalue weighted by Gasteiger charge is 2.33. The van der Waals surface area contributed by atoms with Crippen molar-refractivity contribution in [1.29, 1.82) is 0 Å². The fourth-order valence-electron chi connectivity index (χ4n) is 5.30. The van der Waals surface area contributed by atoms with E-state index in [0.29, 0.717) is 39.1 Å². The quantitative estimate of drug-likeness (QED) is 0.653. The number of nitrogens with one attached hydrogen (secondary N) is 1. The van der Waals surface area contributed by atoms with Crippen LogP contribution in [0, 0.1) is 0 Å². The predicted octanol–water partition coefficient (Wildman–Crippen LogP) is 2.92. The van der Waals surface area contributed by atoms with Crippen molar-refractivity contribution >= 4 is 28.6 Å². The van der Waals surface area contributed by atoms with Crippen molar-refractivity contribution in [3.05, 3.63) is 71.4 Å². The van der Waals surface area contributed by atoms with Crippen molar-refractivity contribution in [2.24, 2.45) is 0 Å². The number of carbonyl (C=O) groups is 3. The SMILES string of the molecule is CC(=O)N1CCc2ccccc2[C@H]1CC(=O)N1CCN(C(=O)Cc2c[nH]c3ccccc23)CC1. The summed E-state index contributed by atoms with van der Waals surface area (Å²) in [6.07, 6.45) is 3.35. The van der Waals surface area contributed by atoms with Crippen LogP contribution in [0.4, 0.5) is 0 Å². The molecule has 7 heteroatoms. The van der Waals surface area contributed by atoms with Gasteiger partial charge in [-0.25, -0.2) is 0 Å². The molecule has 0 saturated carbocycles. The van der Waals surface area contributed by atoms with Crippen molar-refractivity contribution in [3.63, 3.8) is 0 Å². The molecule has 3 aromatic rings. The molecule has 0 bridgehead atoms. The van der Waals surface area contributed by atoms with E-state index in [4.69, 9.17) is 0 Å². The molecule has 0 unspecified atom stereocenters. The minimum atomic E-state index is -0.225. The van der Waals surface area contributed by atoms with Gasteiger partial charge >= 0.3 is 0 Å². The Morgan fingerprint density at radius 3 is 2.32 bits per heavy atom. The highest BCUT2D eigenvalue weighted by Crippen LogP contribution is 2.33. The van der Waals surface area contributed by atoms with E-state index in [1.165, 1.54) is 5.56 Å². The topological polar surface area (TPSA) is 76.7 Å². The molecule has 3 heterocycles. The Labute approximate surface area is 199 Å². The summed E-state index contributed by atoms with van der Waals surface area (Å²) >= 11 is 0. The van der Waals surface area contributed by atoms with E-state index in [9.17, 15) is 14.4 Å². The largest absolute Gasteiger partial charge is 0.361 e. The van der Waals surface area contributed by atoms with E-state index < -0.39 is 0 Å². The Hall–Kier alpha value is -3.61. The lowest BCUT2D eigenvalue weighted by atomic mass is 9.90. The van der Waals surface area contributed by atoms with Crippen LogP contribution in [0.15, 0.2) is 54.7 Å². The predicted molar refractivity (Wildman–Crippen MR) is 130 cm³/mol. The second-order valence-corrected chi connectivity index (χ2v) is 9.18. The van der Waals surface area contributed by atoms with E-state index in [1.807, 2.05) is 63.4 Å². The third-order valence-corrected chi connectivity index (χ3v) is 7.19. The summed E-state index contributed by atoms with van der Waals surface area (Å²) in [4.78, 5) is 47.1.